The van der Waals surface area contributed by atoms with E-state index in [0.29, 0.717) is 51.4 Å². The van der Waals surface area contributed by atoms with Crippen LogP contribution in [0.1, 0.15) is 388 Å². The number of carbonyl (C=O) groups excluding carboxylic acids is 8. The SMILES string of the molecule is CCCCCC/C=C\CCCC(=O)OC(CCCCCCC)CCOCC(COP(=O)([O-])OCCNC(=O)CCC(=O)NCCOP(=O)([O-])OCC(COCCC(CCCCCCC)OC(=O)CCC/C=C\CCCCCC)NC(=O)CC(=O)CCCCCCCCCCC)NC(=O)CC(=O)CCCCCCCCCCC.[Na+].[Na+]. The third kappa shape index (κ3) is 80.8. The molecule has 0 spiro atoms. The number of phosphoric acid groups is 2. The topological polar surface area (TPSA) is 339 Å². The van der Waals surface area contributed by atoms with Crippen molar-refractivity contribution in [3.8, 4) is 0 Å². The fourth-order valence-corrected chi connectivity index (χ4v) is 14.1. The van der Waals surface area contributed by atoms with Gasteiger partial charge in [-0.2, -0.15) is 0 Å². The van der Waals surface area contributed by atoms with Crippen molar-refractivity contribution in [3.63, 3.8) is 0 Å². The minimum atomic E-state index is -5.05. The molecule has 24 nitrogen and oxygen atoms in total. The van der Waals surface area contributed by atoms with Gasteiger partial charge >= 0.3 is 71.1 Å². The van der Waals surface area contributed by atoms with Crippen molar-refractivity contribution in [2.45, 2.75) is 413 Å². The van der Waals surface area contributed by atoms with E-state index >= 15 is 0 Å². The Balaban J connectivity index is -0.0000616. The number of amides is 4. The third-order valence-electron chi connectivity index (χ3n) is 19.3. The van der Waals surface area contributed by atoms with Crippen LogP contribution in [0.2, 0.25) is 0 Å². The number of ether oxygens (including phenoxy) is 4. The van der Waals surface area contributed by atoms with E-state index in [1.54, 1.807) is 0 Å². The monoisotopic (exact) mass is 1680 g/mol. The summed E-state index contributed by atoms with van der Waals surface area (Å²) in [5.74, 6) is -3.54. The average Bonchev–Trinajstić information content (AvgIpc) is 0.912. The summed E-state index contributed by atoms with van der Waals surface area (Å²) in [6, 6.07) is -2.05. The minimum Gasteiger partial charge on any atom is -0.756 e. The van der Waals surface area contributed by atoms with Crippen molar-refractivity contribution < 1.29 is 153 Å². The van der Waals surface area contributed by atoms with Gasteiger partial charge in [-0.15, -0.1) is 0 Å². The van der Waals surface area contributed by atoms with Crippen LogP contribution in [0.5, 0.6) is 0 Å². The van der Waals surface area contributed by atoms with Crippen LogP contribution >= 0.6 is 15.6 Å². The molecule has 0 aliphatic carbocycles. The molecular formula is C86H158N4Na2O20P2. The van der Waals surface area contributed by atoms with Gasteiger partial charge in [0, 0.05) is 64.5 Å². The van der Waals surface area contributed by atoms with Gasteiger partial charge < -0.3 is 68.1 Å². The van der Waals surface area contributed by atoms with Gasteiger partial charge in [-0.1, -0.05) is 258 Å². The van der Waals surface area contributed by atoms with Gasteiger partial charge in [-0.3, -0.25) is 47.5 Å². The Morgan fingerprint density at radius 1 is 0.316 bits per heavy atom. The first-order valence-corrected chi connectivity index (χ1v) is 47.3. The van der Waals surface area contributed by atoms with E-state index < -0.39 is 103 Å². The molecule has 114 heavy (non-hydrogen) atoms. The molecular weight excluding hydrogens is 1520 g/mol. The van der Waals surface area contributed by atoms with Crippen molar-refractivity contribution in [2.75, 3.05) is 65.9 Å². The number of esters is 2. The number of Topliss-reactive ketones (excluding diaryl/α,β-unsaturated/α-hetero) is 2. The minimum absolute atomic E-state index is 0. The molecule has 0 aromatic heterocycles. The molecule has 0 radical (unpaired) electrons. The smallest absolute Gasteiger partial charge is 0.756 e. The maximum atomic E-state index is 13.2. The maximum absolute atomic E-state index is 13.2. The molecule has 0 bridgehead atoms. The van der Waals surface area contributed by atoms with Gasteiger partial charge in [0.2, 0.25) is 23.6 Å². The van der Waals surface area contributed by atoms with Crippen molar-refractivity contribution in [3.05, 3.63) is 24.3 Å². The Morgan fingerprint density at radius 2 is 0.605 bits per heavy atom. The summed E-state index contributed by atoms with van der Waals surface area (Å²) in [6.45, 7) is 10.00. The maximum Gasteiger partial charge on any atom is 1.00 e. The largest absolute Gasteiger partial charge is 1.00 e. The summed E-state index contributed by atoms with van der Waals surface area (Å²) < 4.78 is 70.3. The van der Waals surface area contributed by atoms with Gasteiger partial charge in [0.25, 0.3) is 15.6 Å². The summed E-state index contributed by atoms with van der Waals surface area (Å²) in [5.41, 5.74) is 0. The summed E-state index contributed by atoms with van der Waals surface area (Å²) in [5, 5.41) is 10.3. The molecule has 0 aromatic rings. The zero-order chi connectivity index (χ0) is 82.5. The molecule has 4 amide bonds. The van der Waals surface area contributed by atoms with Crippen LogP contribution in [0, 0.1) is 0 Å². The fourth-order valence-electron chi connectivity index (χ4n) is 12.6. The number of hydrogen-bond donors (Lipinski definition) is 4. The number of allylic oxidation sites excluding steroid dienone is 4. The molecule has 0 rings (SSSR count). The normalized spacial score (nSPS) is 13.6. The predicted molar refractivity (Wildman–Crippen MR) is 442 cm³/mol. The van der Waals surface area contributed by atoms with Gasteiger partial charge in [0.05, 0.1) is 77.8 Å². The van der Waals surface area contributed by atoms with Crippen LogP contribution in [0.4, 0.5) is 0 Å². The van der Waals surface area contributed by atoms with Gasteiger partial charge in [-0.05, 0) is 89.9 Å². The fraction of sp³-hybridized carbons (Fsp3) is 0.860. The molecule has 0 aliphatic rings. The Morgan fingerprint density at radius 3 is 0.930 bits per heavy atom. The van der Waals surface area contributed by atoms with E-state index in [1.807, 2.05) is 0 Å². The second kappa shape index (κ2) is 84.4. The van der Waals surface area contributed by atoms with Crippen LogP contribution in [-0.2, 0) is 84.5 Å². The van der Waals surface area contributed by atoms with Crippen molar-refractivity contribution >= 4 is 62.8 Å². The van der Waals surface area contributed by atoms with Gasteiger partial charge in [-0.25, -0.2) is 0 Å². The zero-order valence-electron chi connectivity index (χ0n) is 72.9. The third-order valence-corrected chi connectivity index (χ3v) is 21.2. The first-order valence-electron chi connectivity index (χ1n) is 44.4. The molecule has 4 N–H and O–H groups in total. The molecule has 28 heteroatoms. The van der Waals surface area contributed by atoms with Crippen LogP contribution in [0.3, 0.4) is 0 Å². The van der Waals surface area contributed by atoms with Crippen molar-refractivity contribution in [2.24, 2.45) is 0 Å². The molecule has 0 fully saturated rings. The van der Waals surface area contributed by atoms with Crippen LogP contribution in [-0.4, -0.2) is 137 Å². The Hall–Kier alpha value is -2.22. The standard InChI is InChI=1S/C86H160N4O20P2.2Na/c1-7-13-19-25-29-33-37-43-47-53-77(91)69-83(95)89-75(71-103-65-61-79(55-49-41-23-17-11-5)109-85(97)57-51-45-39-35-31-27-21-15-9-3)73-107-111(99,100)105-67-63-87-81(93)59-60-82(94)88-64-68-106-112(101,102)108-74-76(90-84(96)70-78(92)54-48-44-38-34-30-26-20-14-8-2)72-104-66-62-80(56-50-42-24-18-12-6)110-86(98)58-52-46-40-36-32-28-22-16-10-4;;/h35-36,39-40,75-76,79-80H,7-34,37-38,41-74H2,1-6H3,(H,87,93)(H,88,94)(H,89,95)(H,90,96)(H,99,100)(H,101,102);;/q;2*+1/p-2/b39-35-,40-36-;;. The van der Waals surface area contributed by atoms with E-state index in [1.165, 1.54) is 89.9 Å². The number of nitrogens with one attached hydrogen (secondary N) is 4. The van der Waals surface area contributed by atoms with Crippen molar-refractivity contribution in [1.82, 2.24) is 21.3 Å². The summed E-state index contributed by atoms with van der Waals surface area (Å²) >= 11 is 0. The predicted octanol–water partition coefficient (Wildman–Crippen LogP) is 12.5. The first-order chi connectivity index (χ1) is 54.2. The van der Waals surface area contributed by atoms with E-state index in [2.05, 4.69) is 87.1 Å². The van der Waals surface area contributed by atoms with E-state index in [9.17, 15) is 57.3 Å². The van der Waals surface area contributed by atoms with Crippen molar-refractivity contribution in [1.29, 1.82) is 0 Å². The Kier molecular flexibility index (Phi) is 85.8. The molecule has 0 aromatic carbocycles. The van der Waals surface area contributed by atoms with E-state index in [4.69, 9.17) is 37.0 Å². The molecule has 654 valence electrons. The van der Waals surface area contributed by atoms with Gasteiger partial charge in [0.15, 0.2) is 0 Å². The number of unbranched alkanes of at least 4 members (excludes halogenated alkanes) is 34. The van der Waals surface area contributed by atoms with E-state index in [-0.39, 0.29) is 161 Å². The Bertz CT molecular complexity index is 2360. The molecule has 6 atom stereocenters. The van der Waals surface area contributed by atoms with Crippen LogP contribution in [0.15, 0.2) is 24.3 Å². The zero-order valence-corrected chi connectivity index (χ0v) is 78.7. The number of phosphoric ester groups is 2. The molecule has 0 saturated carbocycles. The molecule has 0 aliphatic heterocycles. The second-order valence-corrected chi connectivity index (χ2v) is 33.1. The van der Waals surface area contributed by atoms with Crippen LogP contribution in [0.25, 0.3) is 0 Å². The summed E-state index contributed by atoms with van der Waals surface area (Å²) in [6.07, 6.45) is 53.6. The molecule has 0 heterocycles. The quantitative estimate of drug-likeness (QED) is 0.0110. The summed E-state index contributed by atoms with van der Waals surface area (Å²) in [4.78, 5) is 130. The average molecular weight is 1680 g/mol. The van der Waals surface area contributed by atoms with Crippen LogP contribution < -0.4 is 90.2 Å². The number of carbonyl (C=O) groups is 8. The molecule has 0 saturated heterocycles. The molecule has 6 unspecified atom stereocenters. The Labute approximate surface area is 734 Å². The second-order valence-electron chi connectivity index (χ2n) is 30.3. The first kappa shape index (κ1) is 116. The number of ketones is 2. The number of rotatable bonds is 85. The van der Waals surface area contributed by atoms with E-state index in [0.717, 1.165) is 154 Å². The van der Waals surface area contributed by atoms with Gasteiger partial charge in [0.1, 0.15) is 23.8 Å². The summed E-state index contributed by atoms with van der Waals surface area (Å²) in [7, 11) is -10.1. The number of hydrogen-bond acceptors (Lipinski definition) is 20.